The van der Waals surface area contributed by atoms with E-state index in [1.807, 2.05) is 13.8 Å². The number of hydrogen-bond acceptors (Lipinski definition) is 5. The summed E-state index contributed by atoms with van der Waals surface area (Å²) in [5, 5.41) is 16.6. The van der Waals surface area contributed by atoms with Crippen molar-refractivity contribution < 1.29 is 5.11 Å². The molecule has 0 saturated heterocycles. The number of nitrogens with one attached hydrogen (secondary N) is 2. The fourth-order valence-corrected chi connectivity index (χ4v) is 1.69. The predicted molar refractivity (Wildman–Crippen MR) is 79.6 cm³/mol. The van der Waals surface area contributed by atoms with Crippen LogP contribution in [0, 0.1) is 0 Å². The van der Waals surface area contributed by atoms with Gasteiger partial charge in [-0.1, -0.05) is 20.8 Å². The minimum Gasteiger partial charge on any atom is -0.388 e. The lowest BCUT2D eigenvalue weighted by Crippen LogP contribution is -2.33. The van der Waals surface area contributed by atoms with E-state index >= 15 is 0 Å². The SMILES string of the molecule is CCCNc1ncnc(NCC(C)(O)CC)c1CC. The Labute approximate surface area is 115 Å². The van der Waals surface area contributed by atoms with Crippen LogP contribution in [0.1, 0.15) is 46.1 Å². The Hall–Kier alpha value is -1.36. The highest BCUT2D eigenvalue weighted by atomic mass is 16.3. The van der Waals surface area contributed by atoms with Crippen LogP contribution in [0.4, 0.5) is 11.6 Å². The van der Waals surface area contributed by atoms with Crippen molar-refractivity contribution in [2.24, 2.45) is 0 Å². The highest BCUT2D eigenvalue weighted by molar-refractivity contribution is 5.57. The van der Waals surface area contributed by atoms with Gasteiger partial charge in [0.05, 0.1) is 5.60 Å². The van der Waals surface area contributed by atoms with Crippen LogP contribution >= 0.6 is 0 Å². The molecule has 0 saturated carbocycles. The zero-order chi connectivity index (χ0) is 14.3. The van der Waals surface area contributed by atoms with Gasteiger partial charge in [-0.2, -0.15) is 0 Å². The minimum absolute atomic E-state index is 0.487. The summed E-state index contributed by atoms with van der Waals surface area (Å²) in [7, 11) is 0. The monoisotopic (exact) mass is 266 g/mol. The van der Waals surface area contributed by atoms with E-state index in [-0.39, 0.29) is 0 Å². The molecule has 0 aromatic carbocycles. The Morgan fingerprint density at radius 3 is 2.32 bits per heavy atom. The van der Waals surface area contributed by atoms with Crippen molar-refractivity contribution in [2.45, 2.75) is 52.6 Å². The quantitative estimate of drug-likeness (QED) is 0.674. The van der Waals surface area contributed by atoms with Gasteiger partial charge in [0.2, 0.25) is 0 Å². The maximum absolute atomic E-state index is 10.0. The highest BCUT2D eigenvalue weighted by Crippen LogP contribution is 2.21. The molecule has 0 spiro atoms. The maximum atomic E-state index is 10.0. The van der Waals surface area contributed by atoms with E-state index in [1.54, 1.807) is 6.33 Å². The molecule has 0 aliphatic heterocycles. The van der Waals surface area contributed by atoms with Crippen molar-refractivity contribution in [3.05, 3.63) is 11.9 Å². The smallest absolute Gasteiger partial charge is 0.134 e. The number of anilines is 2. The van der Waals surface area contributed by atoms with Gasteiger partial charge in [-0.25, -0.2) is 9.97 Å². The Morgan fingerprint density at radius 2 is 1.79 bits per heavy atom. The summed E-state index contributed by atoms with van der Waals surface area (Å²) in [6, 6.07) is 0. The van der Waals surface area contributed by atoms with Crippen molar-refractivity contribution >= 4 is 11.6 Å². The fraction of sp³-hybridized carbons (Fsp3) is 0.714. The van der Waals surface area contributed by atoms with Crippen LogP contribution in [0.2, 0.25) is 0 Å². The molecular formula is C14H26N4O. The number of hydrogen-bond donors (Lipinski definition) is 3. The van der Waals surface area contributed by atoms with Gasteiger partial charge in [0.1, 0.15) is 18.0 Å². The second-order valence-electron chi connectivity index (χ2n) is 5.03. The summed E-state index contributed by atoms with van der Waals surface area (Å²) in [5.74, 6) is 1.70. The standard InChI is InChI=1S/C14H26N4O/c1-5-8-15-12-11(6-2)13(18-10-17-12)16-9-14(4,19)7-3/h10,19H,5-9H2,1-4H3,(H2,15,16,17,18). The molecule has 108 valence electrons. The van der Waals surface area contributed by atoms with Crippen LogP contribution in [0.25, 0.3) is 0 Å². The summed E-state index contributed by atoms with van der Waals surface area (Å²) in [5.41, 5.74) is 0.357. The molecule has 3 N–H and O–H groups in total. The van der Waals surface area contributed by atoms with Gasteiger partial charge in [0.25, 0.3) is 0 Å². The van der Waals surface area contributed by atoms with E-state index in [1.165, 1.54) is 0 Å². The minimum atomic E-state index is -0.715. The lowest BCUT2D eigenvalue weighted by molar-refractivity contribution is 0.0696. The van der Waals surface area contributed by atoms with Gasteiger partial charge in [0.15, 0.2) is 0 Å². The van der Waals surface area contributed by atoms with Crippen molar-refractivity contribution in [1.29, 1.82) is 0 Å². The van der Waals surface area contributed by atoms with Crippen molar-refractivity contribution in [3.63, 3.8) is 0 Å². The van der Waals surface area contributed by atoms with Crippen LogP contribution in [0.15, 0.2) is 6.33 Å². The highest BCUT2D eigenvalue weighted by Gasteiger charge is 2.18. The first-order valence-corrected chi connectivity index (χ1v) is 7.08. The van der Waals surface area contributed by atoms with Crippen molar-refractivity contribution in [2.75, 3.05) is 23.7 Å². The molecule has 1 atom stereocenters. The Morgan fingerprint density at radius 1 is 1.16 bits per heavy atom. The molecule has 0 aliphatic carbocycles. The third-order valence-corrected chi connectivity index (χ3v) is 3.24. The van der Waals surface area contributed by atoms with Gasteiger partial charge in [0, 0.05) is 18.7 Å². The molecule has 1 heterocycles. The summed E-state index contributed by atoms with van der Waals surface area (Å²) in [6.45, 7) is 9.38. The molecule has 0 bridgehead atoms. The number of aliphatic hydroxyl groups is 1. The largest absolute Gasteiger partial charge is 0.388 e. The third kappa shape index (κ3) is 4.67. The molecule has 5 heteroatoms. The van der Waals surface area contributed by atoms with Gasteiger partial charge >= 0.3 is 0 Å². The zero-order valence-corrected chi connectivity index (χ0v) is 12.5. The number of nitrogens with zero attached hydrogens (tertiary/aromatic N) is 2. The van der Waals surface area contributed by atoms with Crippen LogP contribution in [-0.4, -0.2) is 33.8 Å². The molecule has 0 radical (unpaired) electrons. The predicted octanol–water partition coefficient (Wildman–Crippen LogP) is 2.43. The molecule has 1 aromatic heterocycles. The fourth-order valence-electron chi connectivity index (χ4n) is 1.69. The van der Waals surface area contributed by atoms with E-state index in [2.05, 4.69) is 34.4 Å². The molecule has 1 unspecified atom stereocenters. The van der Waals surface area contributed by atoms with E-state index in [4.69, 9.17) is 0 Å². The first-order valence-electron chi connectivity index (χ1n) is 7.08. The molecular weight excluding hydrogens is 240 g/mol. The molecule has 0 aliphatic rings. The Kier molecular flexibility index (Phi) is 6.02. The van der Waals surface area contributed by atoms with E-state index in [9.17, 15) is 5.11 Å². The molecule has 5 nitrogen and oxygen atoms in total. The molecule has 0 fully saturated rings. The average molecular weight is 266 g/mol. The topological polar surface area (TPSA) is 70.1 Å². The van der Waals surface area contributed by atoms with Crippen molar-refractivity contribution in [3.8, 4) is 0 Å². The third-order valence-electron chi connectivity index (χ3n) is 3.24. The second-order valence-corrected chi connectivity index (χ2v) is 5.03. The van der Waals surface area contributed by atoms with Crippen LogP contribution < -0.4 is 10.6 Å². The van der Waals surface area contributed by atoms with Crippen LogP contribution in [0.3, 0.4) is 0 Å². The Balaban J connectivity index is 2.82. The molecule has 0 amide bonds. The molecule has 19 heavy (non-hydrogen) atoms. The summed E-state index contributed by atoms with van der Waals surface area (Å²) >= 11 is 0. The van der Waals surface area contributed by atoms with E-state index in [0.29, 0.717) is 13.0 Å². The maximum Gasteiger partial charge on any atom is 0.134 e. The number of rotatable bonds is 8. The Bertz CT molecular complexity index is 393. The van der Waals surface area contributed by atoms with E-state index in [0.717, 1.165) is 36.6 Å². The van der Waals surface area contributed by atoms with Crippen molar-refractivity contribution in [1.82, 2.24) is 9.97 Å². The first-order chi connectivity index (χ1) is 9.04. The lowest BCUT2D eigenvalue weighted by atomic mass is 10.0. The lowest BCUT2D eigenvalue weighted by Gasteiger charge is -2.23. The van der Waals surface area contributed by atoms with E-state index < -0.39 is 5.60 Å². The molecule has 1 rings (SSSR count). The zero-order valence-electron chi connectivity index (χ0n) is 12.5. The first kappa shape index (κ1) is 15.7. The molecule has 1 aromatic rings. The number of aromatic nitrogens is 2. The summed E-state index contributed by atoms with van der Waals surface area (Å²) < 4.78 is 0. The van der Waals surface area contributed by atoms with Crippen LogP contribution in [-0.2, 0) is 6.42 Å². The van der Waals surface area contributed by atoms with Gasteiger partial charge < -0.3 is 15.7 Å². The average Bonchev–Trinajstić information content (AvgIpc) is 2.42. The second kappa shape index (κ2) is 7.28. The van der Waals surface area contributed by atoms with Gasteiger partial charge in [-0.3, -0.25) is 0 Å². The normalized spacial score (nSPS) is 13.9. The summed E-state index contributed by atoms with van der Waals surface area (Å²) in [6.07, 6.45) is 4.16. The van der Waals surface area contributed by atoms with Gasteiger partial charge in [-0.15, -0.1) is 0 Å². The summed E-state index contributed by atoms with van der Waals surface area (Å²) in [4.78, 5) is 8.57. The van der Waals surface area contributed by atoms with Gasteiger partial charge in [-0.05, 0) is 26.2 Å². The van der Waals surface area contributed by atoms with Crippen LogP contribution in [0.5, 0.6) is 0 Å².